The third-order valence-corrected chi connectivity index (χ3v) is 2.89. The minimum Gasteiger partial charge on any atom is -0.476 e. The Morgan fingerprint density at radius 1 is 1.38 bits per heavy atom. The molecule has 1 heterocycles. The number of halogens is 1. The SMILES string of the molecule is COc1ncnc(NC(C)c2ccccc2F)c1[N+](=O)[O-]. The van der Waals surface area contributed by atoms with E-state index in [0.29, 0.717) is 5.56 Å². The Labute approximate surface area is 120 Å². The normalized spacial score (nSPS) is 11.8. The van der Waals surface area contributed by atoms with Gasteiger partial charge in [0.05, 0.1) is 18.1 Å². The lowest BCUT2D eigenvalue weighted by Crippen LogP contribution is -2.12. The van der Waals surface area contributed by atoms with Crippen LogP contribution in [0.3, 0.4) is 0 Å². The number of nitrogens with one attached hydrogen (secondary N) is 1. The molecule has 0 saturated heterocycles. The van der Waals surface area contributed by atoms with Crippen molar-refractivity contribution in [3.8, 4) is 5.88 Å². The molecule has 2 rings (SSSR count). The topological polar surface area (TPSA) is 90.2 Å². The van der Waals surface area contributed by atoms with Crippen molar-refractivity contribution in [2.75, 3.05) is 12.4 Å². The summed E-state index contributed by atoms with van der Waals surface area (Å²) in [6, 6.07) is 5.66. The molecule has 0 spiro atoms. The minimum atomic E-state index is -0.644. The van der Waals surface area contributed by atoms with Gasteiger partial charge >= 0.3 is 5.69 Å². The van der Waals surface area contributed by atoms with Crippen LogP contribution in [0.4, 0.5) is 15.9 Å². The van der Waals surface area contributed by atoms with Gasteiger partial charge in [-0.05, 0) is 13.0 Å². The summed E-state index contributed by atoms with van der Waals surface area (Å²) in [5.41, 5.74) is -0.00688. The maximum atomic E-state index is 13.7. The Kier molecular flexibility index (Phi) is 4.27. The number of anilines is 1. The summed E-state index contributed by atoms with van der Waals surface area (Å²) in [4.78, 5) is 18.0. The number of nitrogens with zero attached hydrogens (tertiary/aromatic N) is 3. The number of ether oxygens (including phenoxy) is 1. The smallest absolute Gasteiger partial charge is 0.372 e. The number of aromatic nitrogens is 2. The lowest BCUT2D eigenvalue weighted by atomic mass is 10.1. The summed E-state index contributed by atoms with van der Waals surface area (Å²) in [5, 5.41) is 13.9. The highest BCUT2D eigenvalue weighted by molar-refractivity contribution is 5.61. The molecule has 0 aliphatic rings. The third kappa shape index (κ3) is 3.04. The van der Waals surface area contributed by atoms with Gasteiger partial charge in [0.25, 0.3) is 5.88 Å². The third-order valence-electron chi connectivity index (χ3n) is 2.89. The van der Waals surface area contributed by atoms with Gasteiger partial charge in [-0.25, -0.2) is 9.37 Å². The van der Waals surface area contributed by atoms with E-state index in [1.807, 2.05) is 0 Å². The molecular formula is C13H13FN4O3. The molecular weight excluding hydrogens is 279 g/mol. The van der Waals surface area contributed by atoms with Crippen molar-refractivity contribution >= 4 is 11.5 Å². The van der Waals surface area contributed by atoms with Crippen LogP contribution in [0.15, 0.2) is 30.6 Å². The number of nitro groups is 1. The Bertz CT molecular complexity index is 666. The zero-order chi connectivity index (χ0) is 15.4. The number of methoxy groups -OCH3 is 1. The van der Waals surface area contributed by atoms with Crippen LogP contribution < -0.4 is 10.1 Å². The van der Waals surface area contributed by atoms with E-state index >= 15 is 0 Å². The molecule has 0 radical (unpaired) electrons. The van der Waals surface area contributed by atoms with Crippen LogP contribution >= 0.6 is 0 Å². The summed E-state index contributed by atoms with van der Waals surface area (Å²) < 4.78 is 18.6. The Morgan fingerprint density at radius 2 is 2.10 bits per heavy atom. The van der Waals surface area contributed by atoms with Gasteiger partial charge in [-0.2, -0.15) is 4.98 Å². The molecule has 0 aliphatic heterocycles. The summed E-state index contributed by atoms with van der Waals surface area (Å²) in [6.07, 6.45) is 1.14. The van der Waals surface area contributed by atoms with Gasteiger partial charge in [0.15, 0.2) is 0 Å². The highest BCUT2D eigenvalue weighted by atomic mass is 19.1. The predicted octanol–water partition coefficient (Wildman–Crippen LogP) is 2.71. The molecule has 0 saturated carbocycles. The molecule has 0 amide bonds. The van der Waals surface area contributed by atoms with E-state index in [2.05, 4.69) is 15.3 Å². The highest BCUT2D eigenvalue weighted by Crippen LogP contribution is 2.32. The zero-order valence-corrected chi connectivity index (χ0v) is 11.4. The molecule has 1 N–H and O–H groups in total. The van der Waals surface area contributed by atoms with Crippen molar-refractivity contribution in [2.24, 2.45) is 0 Å². The molecule has 2 aromatic rings. The average Bonchev–Trinajstić information content (AvgIpc) is 2.46. The van der Waals surface area contributed by atoms with Gasteiger partial charge in [0.1, 0.15) is 12.1 Å². The average molecular weight is 292 g/mol. The molecule has 7 nitrogen and oxygen atoms in total. The first kappa shape index (κ1) is 14.6. The van der Waals surface area contributed by atoms with Crippen molar-refractivity contribution in [3.63, 3.8) is 0 Å². The fraction of sp³-hybridized carbons (Fsp3) is 0.231. The van der Waals surface area contributed by atoms with E-state index < -0.39 is 16.8 Å². The van der Waals surface area contributed by atoms with Crippen molar-refractivity contribution in [2.45, 2.75) is 13.0 Å². The van der Waals surface area contributed by atoms with E-state index in [1.54, 1.807) is 25.1 Å². The van der Waals surface area contributed by atoms with Crippen molar-refractivity contribution in [1.82, 2.24) is 9.97 Å². The van der Waals surface area contributed by atoms with E-state index in [1.165, 1.54) is 13.2 Å². The van der Waals surface area contributed by atoms with Crippen molar-refractivity contribution in [3.05, 3.63) is 52.1 Å². The van der Waals surface area contributed by atoms with Crippen molar-refractivity contribution in [1.29, 1.82) is 0 Å². The first-order chi connectivity index (χ1) is 10.0. The van der Waals surface area contributed by atoms with E-state index in [-0.39, 0.29) is 17.4 Å². The van der Waals surface area contributed by atoms with Crippen LogP contribution in [-0.2, 0) is 0 Å². The zero-order valence-electron chi connectivity index (χ0n) is 11.4. The summed E-state index contributed by atoms with van der Waals surface area (Å²) >= 11 is 0. The van der Waals surface area contributed by atoms with E-state index in [0.717, 1.165) is 6.33 Å². The number of rotatable bonds is 5. The molecule has 1 aromatic carbocycles. The van der Waals surface area contributed by atoms with E-state index in [9.17, 15) is 14.5 Å². The van der Waals surface area contributed by atoms with Crippen LogP contribution in [-0.4, -0.2) is 22.0 Å². The maximum absolute atomic E-state index is 13.7. The fourth-order valence-corrected chi connectivity index (χ4v) is 1.89. The lowest BCUT2D eigenvalue weighted by molar-refractivity contribution is -0.385. The maximum Gasteiger partial charge on any atom is 0.372 e. The summed E-state index contributed by atoms with van der Waals surface area (Å²) in [5.74, 6) is -0.581. The van der Waals surface area contributed by atoms with Crippen LogP contribution in [0.1, 0.15) is 18.5 Å². The van der Waals surface area contributed by atoms with Crippen LogP contribution in [0, 0.1) is 15.9 Å². The first-order valence-corrected chi connectivity index (χ1v) is 6.09. The summed E-state index contributed by atoms with van der Waals surface area (Å²) in [6.45, 7) is 1.68. The molecule has 1 atom stereocenters. The number of hydrogen-bond donors (Lipinski definition) is 1. The molecule has 110 valence electrons. The second kappa shape index (κ2) is 6.12. The molecule has 8 heteroatoms. The standard InChI is InChI=1S/C13H13FN4O3/c1-8(9-5-3-4-6-10(9)14)17-12-11(18(19)20)13(21-2)16-7-15-12/h3-8H,1-2H3,(H,15,16,17). The Balaban J connectivity index is 2.36. The monoisotopic (exact) mass is 292 g/mol. The Hall–Kier alpha value is -2.77. The molecule has 0 aliphatic carbocycles. The van der Waals surface area contributed by atoms with Crippen molar-refractivity contribution < 1.29 is 14.1 Å². The van der Waals surface area contributed by atoms with E-state index in [4.69, 9.17) is 4.74 Å². The van der Waals surface area contributed by atoms with Gasteiger partial charge in [-0.15, -0.1) is 0 Å². The quantitative estimate of drug-likeness (QED) is 0.673. The second-order valence-electron chi connectivity index (χ2n) is 4.22. The molecule has 21 heavy (non-hydrogen) atoms. The fourth-order valence-electron chi connectivity index (χ4n) is 1.89. The molecule has 1 aromatic heterocycles. The van der Waals surface area contributed by atoms with Gasteiger partial charge < -0.3 is 10.1 Å². The first-order valence-electron chi connectivity index (χ1n) is 6.09. The molecule has 1 unspecified atom stereocenters. The van der Waals surface area contributed by atoms with Crippen LogP contribution in [0.25, 0.3) is 0 Å². The van der Waals surface area contributed by atoms with Gasteiger partial charge in [0, 0.05) is 5.56 Å². The Morgan fingerprint density at radius 3 is 2.71 bits per heavy atom. The molecule has 0 bridgehead atoms. The lowest BCUT2D eigenvalue weighted by Gasteiger charge is -2.15. The number of benzene rings is 1. The number of hydrogen-bond acceptors (Lipinski definition) is 6. The van der Waals surface area contributed by atoms with Gasteiger partial charge in [-0.1, -0.05) is 18.2 Å². The second-order valence-corrected chi connectivity index (χ2v) is 4.22. The minimum absolute atomic E-state index is 0.0254. The summed E-state index contributed by atoms with van der Waals surface area (Å²) in [7, 11) is 1.28. The van der Waals surface area contributed by atoms with Crippen LogP contribution in [0.2, 0.25) is 0 Å². The highest BCUT2D eigenvalue weighted by Gasteiger charge is 2.25. The largest absolute Gasteiger partial charge is 0.476 e. The predicted molar refractivity (Wildman–Crippen MR) is 73.7 cm³/mol. The van der Waals surface area contributed by atoms with Gasteiger partial charge in [0.2, 0.25) is 5.82 Å². The van der Waals surface area contributed by atoms with Crippen LogP contribution in [0.5, 0.6) is 5.88 Å². The molecule has 0 fully saturated rings. The van der Waals surface area contributed by atoms with Gasteiger partial charge in [-0.3, -0.25) is 10.1 Å².